The van der Waals surface area contributed by atoms with Crippen LogP contribution in [0.2, 0.25) is 0 Å². The van der Waals surface area contributed by atoms with Gasteiger partial charge in [-0.05, 0) is 44.4 Å². The van der Waals surface area contributed by atoms with Crippen molar-refractivity contribution < 1.29 is 4.39 Å². The first kappa shape index (κ1) is 9.45. The van der Waals surface area contributed by atoms with Gasteiger partial charge in [-0.2, -0.15) is 0 Å². The Labute approximate surface area is 80.1 Å². The average Bonchev–Trinajstić information content (AvgIpc) is 2.64. The van der Waals surface area contributed by atoms with Crippen molar-refractivity contribution in [3.8, 4) is 0 Å². The lowest BCUT2D eigenvalue weighted by Gasteiger charge is -2.20. The van der Waals surface area contributed by atoms with Gasteiger partial charge in [-0.15, -0.1) is 0 Å². The van der Waals surface area contributed by atoms with Gasteiger partial charge in [0.05, 0.1) is 0 Å². The molecule has 4 atom stereocenters. The molecule has 0 aromatic rings. The fraction of sp³-hybridized carbons (Fsp3) is 1.00. The Balaban J connectivity index is 1.77. The van der Waals surface area contributed by atoms with Gasteiger partial charge in [0, 0.05) is 12.1 Å². The van der Waals surface area contributed by atoms with Gasteiger partial charge in [0.1, 0.15) is 6.17 Å². The zero-order valence-electron chi connectivity index (χ0n) is 8.43. The Hall–Kier alpha value is -0.110. The van der Waals surface area contributed by atoms with E-state index in [0.29, 0.717) is 6.04 Å². The second-order valence-electron chi connectivity index (χ2n) is 4.84. The summed E-state index contributed by atoms with van der Waals surface area (Å²) < 4.78 is 13.3. The van der Waals surface area contributed by atoms with Gasteiger partial charge in [-0.1, -0.05) is 6.92 Å². The number of hydrogen-bond acceptors (Lipinski definition) is 1. The fourth-order valence-electron chi connectivity index (χ4n) is 2.76. The molecule has 76 valence electrons. The first-order chi connectivity index (χ1) is 6.25. The highest BCUT2D eigenvalue weighted by Crippen LogP contribution is 2.28. The largest absolute Gasteiger partial charge is 0.308 e. The molecule has 2 aliphatic carbocycles. The van der Waals surface area contributed by atoms with Gasteiger partial charge < -0.3 is 5.32 Å². The molecule has 0 bridgehead atoms. The molecular formula is C11H20FN. The van der Waals surface area contributed by atoms with E-state index in [2.05, 4.69) is 12.2 Å². The molecule has 2 saturated carbocycles. The number of nitrogens with one attached hydrogen (secondary N) is 1. The van der Waals surface area contributed by atoms with Crippen molar-refractivity contribution in [2.75, 3.05) is 0 Å². The molecule has 0 aliphatic heterocycles. The molecule has 0 radical (unpaired) electrons. The molecule has 1 nitrogen and oxygen atoms in total. The lowest BCUT2D eigenvalue weighted by atomic mass is 10.1. The fourth-order valence-corrected chi connectivity index (χ4v) is 2.76. The van der Waals surface area contributed by atoms with E-state index in [9.17, 15) is 4.39 Å². The molecule has 1 N–H and O–H groups in total. The van der Waals surface area contributed by atoms with Gasteiger partial charge in [-0.3, -0.25) is 0 Å². The minimum Gasteiger partial charge on any atom is -0.308 e. The van der Waals surface area contributed by atoms with Crippen LogP contribution in [0.5, 0.6) is 0 Å². The lowest BCUT2D eigenvalue weighted by molar-refractivity contribution is 0.262. The molecule has 2 fully saturated rings. The van der Waals surface area contributed by atoms with E-state index in [0.717, 1.165) is 25.2 Å². The maximum absolute atomic E-state index is 13.3. The second-order valence-corrected chi connectivity index (χ2v) is 4.84. The summed E-state index contributed by atoms with van der Waals surface area (Å²) in [4.78, 5) is 0. The zero-order chi connectivity index (χ0) is 9.26. The van der Waals surface area contributed by atoms with Crippen LogP contribution in [0.4, 0.5) is 4.39 Å². The topological polar surface area (TPSA) is 12.0 Å². The average molecular weight is 185 g/mol. The first-order valence-electron chi connectivity index (χ1n) is 5.66. The van der Waals surface area contributed by atoms with Crippen molar-refractivity contribution in [1.82, 2.24) is 5.32 Å². The summed E-state index contributed by atoms with van der Waals surface area (Å²) in [5, 5.41) is 3.48. The van der Waals surface area contributed by atoms with Gasteiger partial charge in [0.2, 0.25) is 0 Å². The predicted octanol–water partition coefficient (Wildman–Crippen LogP) is 2.66. The quantitative estimate of drug-likeness (QED) is 0.697. The van der Waals surface area contributed by atoms with Crippen LogP contribution in [0.15, 0.2) is 0 Å². The third-order valence-electron chi connectivity index (χ3n) is 3.58. The minimum atomic E-state index is -0.573. The Morgan fingerprint density at radius 2 is 2.00 bits per heavy atom. The molecular weight excluding hydrogens is 165 g/mol. The van der Waals surface area contributed by atoms with Gasteiger partial charge in [-0.25, -0.2) is 4.39 Å². The predicted molar refractivity (Wildman–Crippen MR) is 52.5 cm³/mol. The molecule has 2 heteroatoms. The Morgan fingerprint density at radius 1 is 1.15 bits per heavy atom. The van der Waals surface area contributed by atoms with E-state index in [4.69, 9.17) is 0 Å². The van der Waals surface area contributed by atoms with E-state index < -0.39 is 6.17 Å². The van der Waals surface area contributed by atoms with E-state index in [1.54, 1.807) is 0 Å². The van der Waals surface area contributed by atoms with Crippen LogP contribution in [-0.2, 0) is 0 Å². The van der Waals surface area contributed by atoms with Gasteiger partial charge >= 0.3 is 0 Å². The molecule has 2 rings (SSSR count). The number of halogens is 1. The van der Waals surface area contributed by atoms with Crippen LogP contribution in [0.3, 0.4) is 0 Å². The molecule has 2 aliphatic rings. The maximum Gasteiger partial charge on any atom is 0.115 e. The third-order valence-corrected chi connectivity index (χ3v) is 3.58. The molecule has 0 spiro atoms. The van der Waals surface area contributed by atoms with E-state index >= 15 is 0 Å². The van der Waals surface area contributed by atoms with Crippen LogP contribution in [0, 0.1) is 5.92 Å². The summed E-state index contributed by atoms with van der Waals surface area (Å²) in [5.41, 5.74) is 0. The van der Waals surface area contributed by atoms with Crippen molar-refractivity contribution in [3.63, 3.8) is 0 Å². The number of alkyl halides is 1. The highest BCUT2D eigenvalue weighted by molar-refractivity contribution is 4.88. The Kier molecular flexibility index (Phi) is 2.87. The van der Waals surface area contributed by atoms with Gasteiger partial charge in [0.15, 0.2) is 0 Å². The summed E-state index contributed by atoms with van der Waals surface area (Å²) in [5.74, 6) is 0.844. The van der Waals surface area contributed by atoms with Gasteiger partial charge in [0.25, 0.3) is 0 Å². The van der Waals surface area contributed by atoms with Crippen LogP contribution >= 0.6 is 0 Å². The Bertz CT molecular complexity index is 171. The highest BCUT2D eigenvalue weighted by atomic mass is 19.1. The van der Waals surface area contributed by atoms with E-state index in [-0.39, 0.29) is 6.04 Å². The standard InChI is InChI=1S/C11H20FN/c1-8-5-6-9(7-8)13-11-4-2-3-10(11)12/h8-11,13H,2-7H2,1H3/t8?,9?,10-,11+/m0/s1. The van der Waals surface area contributed by atoms with Crippen molar-refractivity contribution >= 4 is 0 Å². The van der Waals surface area contributed by atoms with Crippen LogP contribution in [0.1, 0.15) is 45.4 Å². The van der Waals surface area contributed by atoms with Crippen molar-refractivity contribution in [2.45, 2.75) is 63.7 Å². The summed E-state index contributed by atoms with van der Waals surface area (Å²) in [6.07, 6.45) is 6.15. The molecule has 2 unspecified atom stereocenters. The van der Waals surface area contributed by atoms with E-state index in [1.807, 2.05) is 0 Å². The smallest absolute Gasteiger partial charge is 0.115 e. The molecule has 0 saturated heterocycles. The summed E-state index contributed by atoms with van der Waals surface area (Å²) >= 11 is 0. The maximum atomic E-state index is 13.3. The first-order valence-corrected chi connectivity index (χ1v) is 5.66. The normalized spacial score (nSPS) is 45.7. The van der Waals surface area contributed by atoms with Crippen LogP contribution < -0.4 is 5.32 Å². The summed E-state index contributed by atoms with van der Waals surface area (Å²) in [6.45, 7) is 2.29. The lowest BCUT2D eigenvalue weighted by Crippen LogP contribution is -2.40. The van der Waals surface area contributed by atoms with Crippen molar-refractivity contribution in [3.05, 3.63) is 0 Å². The third kappa shape index (κ3) is 2.22. The van der Waals surface area contributed by atoms with Crippen LogP contribution in [-0.4, -0.2) is 18.3 Å². The number of hydrogen-bond donors (Lipinski definition) is 1. The second kappa shape index (κ2) is 3.95. The molecule has 0 aromatic carbocycles. The molecule has 13 heavy (non-hydrogen) atoms. The Morgan fingerprint density at radius 3 is 2.54 bits per heavy atom. The highest BCUT2D eigenvalue weighted by Gasteiger charge is 2.30. The van der Waals surface area contributed by atoms with Crippen molar-refractivity contribution in [1.29, 1.82) is 0 Å². The summed E-state index contributed by atoms with van der Waals surface area (Å²) in [7, 11) is 0. The monoisotopic (exact) mass is 185 g/mol. The molecule has 0 amide bonds. The van der Waals surface area contributed by atoms with Crippen molar-refractivity contribution in [2.24, 2.45) is 5.92 Å². The van der Waals surface area contributed by atoms with Crippen LogP contribution in [0.25, 0.3) is 0 Å². The number of rotatable bonds is 2. The minimum absolute atomic E-state index is 0.176. The molecule has 0 aromatic heterocycles. The van der Waals surface area contributed by atoms with E-state index in [1.165, 1.54) is 19.3 Å². The SMILES string of the molecule is CC1CCC(N[C@@H]2CCC[C@@H]2F)C1. The summed E-state index contributed by atoms with van der Waals surface area (Å²) in [6, 6.07) is 0.784. The molecule has 0 heterocycles. The zero-order valence-corrected chi connectivity index (χ0v) is 8.43.